The van der Waals surface area contributed by atoms with Gasteiger partial charge in [0.05, 0.1) is 17.0 Å². The number of carbonyl (C=O) groups excluding carboxylic acids is 1. The van der Waals surface area contributed by atoms with Gasteiger partial charge in [-0.25, -0.2) is 13.2 Å². The molecule has 0 aromatic rings. The second-order valence-electron chi connectivity index (χ2n) is 6.03. The first-order chi connectivity index (χ1) is 9.32. The highest BCUT2D eigenvalue weighted by Gasteiger charge is 2.40. The number of urea groups is 1. The average molecular weight is 304 g/mol. The number of rotatable bonds is 7. The third-order valence-corrected chi connectivity index (χ3v) is 5.67. The Bertz CT molecular complexity index is 414. The van der Waals surface area contributed by atoms with Crippen molar-refractivity contribution in [1.29, 1.82) is 0 Å². The van der Waals surface area contributed by atoms with Crippen molar-refractivity contribution < 1.29 is 13.2 Å². The van der Waals surface area contributed by atoms with Crippen molar-refractivity contribution in [2.45, 2.75) is 58.4 Å². The summed E-state index contributed by atoms with van der Waals surface area (Å²) in [7, 11) is -2.99. The average Bonchev–Trinajstić information content (AvgIpc) is 2.63. The van der Waals surface area contributed by atoms with E-state index in [0.29, 0.717) is 6.42 Å². The zero-order valence-corrected chi connectivity index (χ0v) is 13.8. The van der Waals surface area contributed by atoms with Crippen LogP contribution in [0.25, 0.3) is 0 Å². The molecule has 1 fully saturated rings. The van der Waals surface area contributed by atoms with Gasteiger partial charge in [0.25, 0.3) is 0 Å². The third-order valence-electron chi connectivity index (χ3n) is 3.76. The molecule has 0 aromatic carbocycles. The number of hydrogen-bond acceptors (Lipinski definition) is 3. The first kappa shape index (κ1) is 17.3. The fraction of sp³-hybridized carbons (Fsp3) is 0.929. The second-order valence-corrected chi connectivity index (χ2v) is 8.21. The van der Waals surface area contributed by atoms with Gasteiger partial charge in [-0.2, -0.15) is 0 Å². The number of unbranched alkanes of at least 4 members (excludes halogenated alkanes) is 2. The topological polar surface area (TPSA) is 66.5 Å². The summed E-state index contributed by atoms with van der Waals surface area (Å²) >= 11 is 0. The lowest BCUT2D eigenvalue weighted by molar-refractivity contribution is 0.185. The molecular formula is C14H28N2O3S. The van der Waals surface area contributed by atoms with Crippen LogP contribution in [0.3, 0.4) is 0 Å². The fourth-order valence-corrected chi connectivity index (χ4v) is 4.55. The van der Waals surface area contributed by atoms with Crippen LogP contribution in [0.2, 0.25) is 0 Å². The Labute approximate surface area is 123 Å². The van der Waals surface area contributed by atoms with Gasteiger partial charge < -0.3 is 10.2 Å². The molecule has 1 N–H and O–H groups in total. The molecule has 1 saturated heterocycles. The highest BCUT2D eigenvalue weighted by atomic mass is 32.2. The molecule has 0 radical (unpaired) electrons. The van der Waals surface area contributed by atoms with Gasteiger partial charge in [0, 0.05) is 13.1 Å². The standard InChI is InChI=1S/C14H28N2O3S/c1-4-6-9-16(10-7-5-2)13(17)15-14(3)8-11-20(18,19)12-14/h4-12H2,1-3H3,(H,15,17)/t14-/m1/s1. The van der Waals surface area contributed by atoms with Crippen LogP contribution in [0.5, 0.6) is 0 Å². The van der Waals surface area contributed by atoms with E-state index in [2.05, 4.69) is 19.2 Å². The van der Waals surface area contributed by atoms with Crippen molar-refractivity contribution in [3.8, 4) is 0 Å². The first-order valence-electron chi connectivity index (χ1n) is 7.59. The largest absolute Gasteiger partial charge is 0.332 e. The van der Waals surface area contributed by atoms with E-state index in [1.165, 1.54) is 0 Å². The van der Waals surface area contributed by atoms with E-state index >= 15 is 0 Å². The normalized spacial score (nSPS) is 24.6. The molecule has 0 bridgehead atoms. The van der Waals surface area contributed by atoms with Gasteiger partial charge in [0.1, 0.15) is 0 Å². The van der Waals surface area contributed by atoms with Gasteiger partial charge in [-0.15, -0.1) is 0 Å². The van der Waals surface area contributed by atoms with Crippen LogP contribution in [0.4, 0.5) is 4.79 Å². The van der Waals surface area contributed by atoms with E-state index in [9.17, 15) is 13.2 Å². The molecule has 1 aliphatic rings. The number of nitrogens with one attached hydrogen (secondary N) is 1. The second kappa shape index (κ2) is 7.29. The maximum Gasteiger partial charge on any atom is 0.317 e. The summed E-state index contributed by atoms with van der Waals surface area (Å²) in [6, 6.07) is -0.119. The summed E-state index contributed by atoms with van der Waals surface area (Å²) in [5.41, 5.74) is -0.605. The number of carbonyl (C=O) groups is 1. The zero-order chi connectivity index (χ0) is 15.2. The van der Waals surface area contributed by atoms with Crippen LogP contribution in [0, 0.1) is 0 Å². The minimum atomic E-state index is -2.99. The molecule has 20 heavy (non-hydrogen) atoms. The van der Waals surface area contributed by atoms with E-state index < -0.39 is 15.4 Å². The predicted molar refractivity (Wildman–Crippen MR) is 81.6 cm³/mol. The molecule has 2 amide bonds. The highest BCUT2D eigenvalue weighted by molar-refractivity contribution is 7.91. The van der Waals surface area contributed by atoms with Crippen LogP contribution in [-0.2, 0) is 9.84 Å². The lowest BCUT2D eigenvalue weighted by Gasteiger charge is -2.30. The summed E-state index contributed by atoms with van der Waals surface area (Å²) in [4.78, 5) is 14.2. The molecule has 1 atom stereocenters. The van der Waals surface area contributed by atoms with E-state index in [1.807, 2.05) is 11.8 Å². The summed E-state index contributed by atoms with van der Waals surface area (Å²) in [6.07, 6.45) is 4.55. The van der Waals surface area contributed by atoms with E-state index in [0.717, 1.165) is 38.8 Å². The van der Waals surface area contributed by atoms with Gasteiger partial charge in [0.2, 0.25) is 0 Å². The van der Waals surface area contributed by atoms with Crippen molar-refractivity contribution in [2.24, 2.45) is 0 Å². The first-order valence-corrected chi connectivity index (χ1v) is 9.41. The van der Waals surface area contributed by atoms with Gasteiger partial charge >= 0.3 is 6.03 Å². The van der Waals surface area contributed by atoms with Gasteiger partial charge in [0.15, 0.2) is 9.84 Å². The van der Waals surface area contributed by atoms with E-state index in [4.69, 9.17) is 0 Å². The van der Waals surface area contributed by atoms with Crippen molar-refractivity contribution in [1.82, 2.24) is 10.2 Å². The predicted octanol–water partition coefficient (Wildman–Crippen LogP) is 2.18. The molecule has 0 saturated carbocycles. The zero-order valence-electron chi connectivity index (χ0n) is 12.9. The third kappa shape index (κ3) is 5.31. The molecule has 0 aromatic heterocycles. The van der Waals surface area contributed by atoms with Crippen molar-refractivity contribution >= 4 is 15.9 Å². The lowest BCUT2D eigenvalue weighted by atomic mass is 10.0. The minimum absolute atomic E-state index is 0.0567. The summed E-state index contributed by atoms with van der Waals surface area (Å²) in [5, 5.41) is 2.94. The molecule has 0 aliphatic carbocycles. The van der Waals surface area contributed by atoms with Crippen molar-refractivity contribution in [3.63, 3.8) is 0 Å². The number of nitrogens with zero attached hydrogens (tertiary/aromatic N) is 1. The Balaban J connectivity index is 2.60. The van der Waals surface area contributed by atoms with Gasteiger partial charge in [-0.1, -0.05) is 26.7 Å². The van der Waals surface area contributed by atoms with Crippen LogP contribution < -0.4 is 5.32 Å². The molecule has 5 nitrogen and oxygen atoms in total. The smallest absolute Gasteiger partial charge is 0.317 e. The van der Waals surface area contributed by atoms with Gasteiger partial charge in [-0.3, -0.25) is 0 Å². The Morgan fingerprint density at radius 2 is 1.75 bits per heavy atom. The molecule has 0 spiro atoms. The van der Waals surface area contributed by atoms with Crippen molar-refractivity contribution in [3.05, 3.63) is 0 Å². The van der Waals surface area contributed by atoms with Crippen LogP contribution in [-0.4, -0.2) is 49.5 Å². The highest BCUT2D eigenvalue weighted by Crippen LogP contribution is 2.23. The molecule has 118 valence electrons. The van der Waals surface area contributed by atoms with E-state index in [-0.39, 0.29) is 17.5 Å². The van der Waals surface area contributed by atoms with E-state index in [1.54, 1.807) is 0 Å². The quantitative estimate of drug-likeness (QED) is 0.784. The maximum absolute atomic E-state index is 12.3. The molecule has 1 heterocycles. The fourth-order valence-electron chi connectivity index (χ4n) is 2.46. The Kier molecular flexibility index (Phi) is 6.30. The van der Waals surface area contributed by atoms with Gasteiger partial charge in [-0.05, 0) is 26.2 Å². The summed E-state index contributed by atoms with van der Waals surface area (Å²) < 4.78 is 23.2. The van der Waals surface area contributed by atoms with Crippen LogP contribution in [0.15, 0.2) is 0 Å². The summed E-state index contributed by atoms with van der Waals surface area (Å²) in [5.74, 6) is 0.231. The Morgan fingerprint density at radius 1 is 1.20 bits per heavy atom. The number of sulfone groups is 1. The Hall–Kier alpha value is -0.780. The SMILES string of the molecule is CCCCN(CCCC)C(=O)N[C@]1(C)CCS(=O)(=O)C1. The Morgan fingerprint density at radius 3 is 2.15 bits per heavy atom. The lowest BCUT2D eigenvalue weighted by Crippen LogP contribution is -2.52. The molecule has 6 heteroatoms. The monoisotopic (exact) mass is 304 g/mol. The van der Waals surface area contributed by atoms with Crippen molar-refractivity contribution in [2.75, 3.05) is 24.6 Å². The molecular weight excluding hydrogens is 276 g/mol. The molecule has 1 aliphatic heterocycles. The minimum Gasteiger partial charge on any atom is -0.332 e. The number of amides is 2. The number of hydrogen-bond donors (Lipinski definition) is 1. The summed E-state index contributed by atoms with van der Waals surface area (Å²) in [6.45, 7) is 7.51. The van der Waals surface area contributed by atoms with Crippen LogP contribution >= 0.6 is 0 Å². The maximum atomic E-state index is 12.3. The van der Waals surface area contributed by atoms with Crippen LogP contribution in [0.1, 0.15) is 52.9 Å². The molecule has 1 rings (SSSR count). The molecule has 0 unspecified atom stereocenters.